The zero-order valence-corrected chi connectivity index (χ0v) is 13.4. The van der Waals surface area contributed by atoms with Gasteiger partial charge in [0.2, 0.25) is 0 Å². The lowest BCUT2D eigenvalue weighted by Gasteiger charge is -2.10. The predicted octanol–water partition coefficient (Wildman–Crippen LogP) is 3.59. The molecule has 0 aliphatic rings. The Morgan fingerprint density at radius 3 is 2.43 bits per heavy atom. The van der Waals surface area contributed by atoms with Gasteiger partial charge < -0.3 is 5.11 Å². The topological polar surface area (TPSA) is 66.4 Å². The third kappa shape index (κ3) is 3.68. The lowest BCUT2D eigenvalue weighted by molar-refractivity contribution is 0.281. The fraction of sp³-hybridized carbons (Fsp3) is 0.143. The first-order valence-corrected chi connectivity index (χ1v) is 8.25. The van der Waals surface area contributed by atoms with Crippen LogP contribution in [0.15, 0.2) is 41.3 Å². The van der Waals surface area contributed by atoms with Crippen LogP contribution in [0, 0.1) is 6.92 Å². The summed E-state index contributed by atoms with van der Waals surface area (Å²) < 4.78 is 27.0. The van der Waals surface area contributed by atoms with Crippen LogP contribution in [0.5, 0.6) is 0 Å². The van der Waals surface area contributed by atoms with Gasteiger partial charge >= 0.3 is 0 Å². The van der Waals surface area contributed by atoms with Gasteiger partial charge in [0.25, 0.3) is 10.0 Å². The summed E-state index contributed by atoms with van der Waals surface area (Å²) in [6, 6.07) is 9.03. The Kier molecular flexibility index (Phi) is 4.78. The molecule has 0 radical (unpaired) electrons. The van der Waals surface area contributed by atoms with Crippen LogP contribution in [-0.4, -0.2) is 13.5 Å². The van der Waals surface area contributed by atoms with E-state index in [2.05, 4.69) is 4.72 Å². The van der Waals surface area contributed by atoms with E-state index in [1.807, 2.05) is 6.92 Å². The summed E-state index contributed by atoms with van der Waals surface area (Å²) in [5.41, 5.74) is 1.57. The van der Waals surface area contributed by atoms with Crippen molar-refractivity contribution in [3.63, 3.8) is 0 Å². The zero-order valence-electron chi connectivity index (χ0n) is 11.1. The maximum absolute atomic E-state index is 12.3. The second kappa shape index (κ2) is 6.23. The van der Waals surface area contributed by atoms with Gasteiger partial charge in [0.1, 0.15) is 0 Å². The number of aliphatic hydroxyl groups excluding tert-OH is 1. The predicted molar refractivity (Wildman–Crippen MR) is 84.4 cm³/mol. The standard InChI is InChI=1S/C14H13Cl2NO3S/c1-9-2-3-11(7-14(9)16)17-21(19,20)12-4-5-13(15)10(6-12)8-18/h2-7,17-18H,8H2,1H3. The molecule has 2 rings (SSSR count). The summed E-state index contributed by atoms with van der Waals surface area (Å²) in [7, 11) is -3.77. The molecule has 0 atom stereocenters. The molecule has 112 valence electrons. The zero-order chi connectivity index (χ0) is 15.6. The second-order valence-corrected chi connectivity index (χ2v) is 6.98. The summed E-state index contributed by atoms with van der Waals surface area (Å²) in [6.45, 7) is 1.49. The Hall–Kier alpha value is -1.27. The van der Waals surface area contributed by atoms with E-state index >= 15 is 0 Å². The summed E-state index contributed by atoms with van der Waals surface area (Å²) in [5.74, 6) is 0. The number of halogens is 2. The van der Waals surface area contributed by atoms with Crippen LogP contribution in [-0.2, 0) is 16.6 Å². The molecule has 2 aromatic carbocycles. The van der Waals surface area contributed by atoms with E-state index in [1.54, 1.807) is 12.1 Å². The van der Waals surface area contributed by atoms with Gasteiger partial charge in [-0.25, -0.2) is 8.42 Å². The highest BCUT2D eigenvalue weighted by atomic mass is 35.5. The average Bonchev–Trinajstić information content (AvgIpc) is 2.43. The van der Waals surface area contributed by atoms with Crippen LogP contribution in [0.3, 0.4) is 0 Å². The normalized spacial score (nSPS) is 11.4. The molecular weight excluding hydrogens is 333 g/mol. The first-order chi connectivity index (χ1) is 9.83. The fourth-order valence-electron chi connectivity index (χ4n) is 1.71. The van der Waals surface area contributed by atoms with E-state index in [1.165, 1.54) is 24.3 Å². The Balaban J connectivity index is 2.35. The lowest BCUT2D eigenvalue weighted by atomic mass is 10.2. The maximum atomic E-state index is 12.3. The Bertz CT molecular complexity index is 776. The highest BCUT2D eigenvalue weighted by molar-refractivity contribution is 7.92. The van der Waals surface area contributed by atoms with Crippen LogP contribution in [0.1, 0.15) is 11.1 Å². The van der Waals surface area contributed by atoms with Gasteiger partial charge in [-0.2, -0.15) is 0 Å². The molecule has 0 aliphatic heterocycles. The van der Waals surface area contributed by atoms with Crippen LogP contribution < -0.4 is 4.72 Å². The summed E-state index contributed by atoms with van der Waals surface area (Å²) in [5, 5.41) is 9.94. The van der Waals surface area contributed by atoms with Gasteiger partial charge in [-0.15, -0.1) is 0 Å². The van der Waals surface area contributed by atoms with E-state index in [-0.39, 0.29) is 11.5 Å². The van der Waals surface area contributed by atoms with Crippen molar-refractivity contribution in [2.24, 2.45) is 0 Å². The number of hydrogen-bond donors (Lipinski definition) is 2. The largest absolute Gasteiger partial charge is 0.392 e. The first kappa shape index (κ1) is 16.1. The van der Waals surface area contributed by atoms with Crippen molar-refractivity contribution in [2.75, 3.05) is 4.72 Å². The smallest absolute Gasteiger partial charge is 0.261 e. The Morgan fingerprint density at radius 1 is 1.10 bits per heavy atom. The van der Waals surface area contributed by atoms with Gasteiger partial charge in [-0.3, -0.25) is 4.72 Å². The molecule has 7 heteroatoms. The molecule has 0 spiro atoms. The number of anilines is 1. The number of aliphatic hydroxyl groups is 1. The molecule has 2 aromatic rings. The number of rotatable bonds is 4. The monoisotopic (exact) mass is 345 g/mol. The van der Waals surface area contributed by atoms with Crippen LogP contribution >= 0.6 is 23.2 Å². The SMILES string of the molecule is Cc1ccc(NS(=O)(=O)c2ccc(Cl)c(CO)c2)cc1Cl. The van der Waals surface area contributed by atoms with Crippen LogP contribution in [0.2, 0.25) is 10.0 Å². The first-order valence-electron chi connectivity index (χ1n) is 6.02. The van der Waals surface area contributed by atoms with E-state index in [4.69, 9.17) is 28.3 Å². The summed E-state index contributed by atoms with van der Waals surface area (Å²) in [4.78, 5) is 0.0210. The van der Waals surface area contributed by atoms with Crippen LogP contribution in [0.4, 0.5) is 5.69 Å². The number of benzene rings is 2. The van der Waals surface area contributed by atoms with Crippen molar-refractivity contribution in [3.05, 3.63) is 57.6 Å². The third-order valence-electron chi connectivity index (χ3n) is 2.92. The van der Waals surface area contributed by atoms with Gasteiger partial charge in [0, 0.05) is 10.0 Å². The van der Waals surface area contributed by atoms with E-state index in [9.17, 15) is 8.42 Å². The second-order valence-electron chi connectivity index (χ2n) is 4.48. The van der Waals surface area contributed by atoms with Crippen LogP contribution in [0.25, 0.3) is 0 Å². The average molecular weight is 346 g/mol. The van der Waals surface area contributed by atoms with Crippen molar-refractivity contribution in [1.82, 2.24) is 0 Å². The number of nitrogens with one attached hydrogen (secondary N) is 1. The molecule has 2 N–H and O–H groups in total. The number of aryl methyl sites for hydroxylation is 1. The number of hydrogen-bond acceptors (Lipinski definition) is 3. The van der Waals surface area contributed by atoms with Crippen molar-refractivity contribution in [1.29, 1.82) is 0 Å². The molecule has 4 nitrogen and oxygen atoms in total. The molecule has 0 bridgehead atoms. The van der Waals surface area contributed by atoms with Gasteiger partial charge in [-0.05, 0) is 48.4 Å². The maximum Gasteiger partial charge on any atom is 0.261 e. The van der Waals surface area contributed by atoms with E-state index in [0.29, 0.717) is 21.3 Å². The lowest BCUT2D eigenvalue weighted by Crippen LogP contribution is -2.13. The Morgan fingerprint density at radius 2 is 1.81 bits per heavy atom. The summed E-state index contributed by atoms with van der Waals surface area (Å²) in [6.07, 6.45) is 0. The quantitative estimate of drug-likeness (QED) is 0.889. The molecule has 0 aliphatic carbocycles. The molecule has 0 saturated heterocycles. The van der Waals surface area contributed by atoms with Crippen molar-refractivity contribution in [3.8, 4) is 0 Å². The molecule has 0 fully saturated rings. The molecule has 21 heavy (non-hydrogen) atoms. The highest BCUT2D eigenvalue weighted by Crippen LogP contribution is 2.25. The third-order valence-corrected chi connectivity index (χ3v) is 5.08. The minimum absolute atomic E-state index is 0.0210. The summed E-state index contributed by atoms with van der Waals surface area (Å²) >= 11 is 11.8. The van der Waals surface area contributed by atoms with Crippen molar-refractivity contribution < 1.29 is 13.5 Å². The number of sulfonamides is 1. The van der Waals surface area contributed by atoms with Gasteiger partial charge in [0.05, 0.1) is 17.2 Å². The molecule has 0 unspecified atom stereocenters. The van der Waals surface area contributed by atoms with Crippen molar-refractivity contribution in [2.45, 2.75) is 18.4 Å². The minimum Gasteiger partial charge on any atom is -0.392 e. The molecular formula is C14H13Cl2NO3S. The Labute approximate surface area is 133 Å². The minimum atomic E-state index is -3.77. The fourth-order valence-corrected chi connectivity index (χ4v) is 3.17. The molecule has 0 amide bonds. The van der Waals surface area contributed by atoms with Gasteiger partial charge in [-0.1, -0.05) is 29.3 Å². The highest BCUT2D eigenvalue weighted by Gasteiger charge is 2.16. The van der Waals surface area contributed by atoms with E-state index < -0.39 is 10.0 Å². The van der Waals surface area contributed by atoms with Gasteiger partial charge in [0.15, 0.2) is 0 Å². The van der Waals surface area contributed by atoms with E-state index in [0.717, 1.165) is 5.56 Å². The van der Waals surface area contributed by atoms with Crippen molar-refractivity contribution >= 4 is 38.9 Å². The molecule has 0 heterocycles. The molecule has 0 saturated carbocycles. The molecule has 0 aromatic heterocycles.